The molecule has 2 heteroatoms. The Morgan fingerprint density at radius 1 is 1.36 bits per heavy atom. The van der Waals surface area contributed by atoms with Gasteiger partial charge in [0.15, 0.2) is 0 Å². The van der Waals surface area contributed by atoms with Crippen LogP contribution in [0.1, 0.15) is 16.7 Å². The Balaban J connectivity index is 2.62. The molecular weight excluding hydrogens is 141 g/mol. The maximum Gasteiger partial charge on any atom is 0.130 e. The molecular formula is C9H10FN. The third-order valence-corrected chi connectivity index (χ3v) is 2.15. The number of aryl methyl sites for hydroxylation is 1. The predicted molar refractivity (Wildman–Crippen MR) is 41.7 cm³/mol. The minimum atomic E-state index is -0.0347. The molecule has 2 rings (SSSR count). The molecule has 0 aromatic heterocycles. The van der Waals surface area contributed by atoms with Crippen molar-refractivity contribution in [2.75, 3.05) is 0 Å². The molecule has 1 aliphatic heterocycles. The molecule has 11 heavy (non-hydrogen) atoms. The van der Waals surface area contributed by atoms with Gasteiger partial charge in [0, 0.05) is 18.7 Å². The second-order valence-corrected chi connectivity index (χ2v) is 2.94. The molecule has 1 N–H and O–H groups in total. The Hall–Kier alpha value is -0.890. The third-order valence-electron chi connectivity index (χ3n) is 2.15. The highest BCUT2D eigenvalue weighted by Crippen LogP contribution is 2.20. The van der Waals surface area contributed by atoms with Crippen molar-refractivity contribution in [2.45, 2.75) is 20.0 Å². The molecule has 1 aromatic rings. The van der Waals surface area contributed by atoms with Gasteiger partial charge in [0.2, 0.25) is 0 Å². The van der Waals surface area contributed by atoms with Gasteiger partial charge in [0.1, 0.15) is 5.82 Å². The summed E-state index contributed by atoms with van der Waals surface area (Å²) in [6.07, 6.45) is 0. The maximum absolute atomic E-state index is 13.3. The van der Waals surface area contributed by atoms with E-state index in [9.17, 15) is 4.39 Å². The van der Waals surface area contributed by atoms with E-state index in [0.29, 0.717) is 6.54 Å². The van der Waals surface area contributed by atoms with E-state index < -0.39 is 0 Å². The highest BCUT2D eigenvalue weighted by Gasteiger charge is 2.14. The van der Waals surface area contributed by atoms with Gasteiger partial charge in [-0.25, -0.2) is 4.39 Å². The van der Waals surface area contributed by atoms with Crippen LogP contribution in [0.3, 0.4) is 0 Å². The van der Waals surface area contributed by atoms with E-state index in [2.05, 4.69) is 5.32 Å². The minimum Gasteiger partial charge on any atom is -0.308 e. The molecule has 0 aliphatic carbocycles. The molecule has 1 heterocycles. The molecule has 0 spiro atoms. The first-order chi connectivity index (χ1) is 5.29. The summed E-state index contributed by atoms with van der Waals surface area (Å²) in [4.78, 5) is 0. The zero-order valence-electron chi connectivity index (χ0n) is 6.45. The number of halogens is 1. The van der Waals surface area contributed by atoms with E-state index in [1.165, 1.54) is 0 Å². The molecule has 0 bridgehead atoms. The molecule has 0 atom stereocenters. The lowest BCUT2D eigenvalue weighted by Crippen LogP contribution is -2.00. The van der Waals surface area contributed by atoms with E-state index >= 15 is 0 Å². The number of benzene rings is 1. The van der Waals surface area contributed by atoms with Gasteiger partial charge in [0.05, 0.1) is 0 Å². The topological polar surface area (TPSA) is 12.0 Å². The van der Waals surface area contributed by atoms with Crippen molar-refractivity contribution in [1.82, 2.24) is 5.32 Å². The largest absolute Gasteiger partial charge is 0.308 e. The van der Waals surface area contributed by atoms with Gasteiger partial charge in [-0.2, -0.15) is 0 Å². The van der Waals surface area contributed by atoms with Crippen LogP contribution < -0.4 is 5.32 Å². The van der Waals surface area contributed by atoms with Gasteiger partial charge >= 0.3 is 0 Å². The lowest BCUT2D eigenvalue weighted by atomic mass is 10.1. The van der Waals surface area contributed by atoms with Crippen molar-refractivity contribution < 1.29 is 4.39 Å². The van der Waals surface area contributed by atoms with E-state index in [1.807, 2.05) is 12.1 Å². The van der Waals surface area contributed by atoms with Crippen LogP contribution >= 0.6 is 0 Å². The SMILES string of the molecule is Cc1ccc2c(c1F)CNC2. The number of fused-ring (bicyclic) bond motifs is 1. The van der Waals surface area contributed by atoms with Crippen molar-refractivity contribution in [2.24, 2.45) is 0 Å². The summed E-state index contributed by atoms with van der Waals surface area (Å²) in [6.45, 7) is 3.29. The second-order valence-electron chi connectivity index (χ2n) is 2.94. The zero-order chi connectivity index (χ0) is 7.84. The molecule has 0 fully saturated rings. The maximum atomic E-state index is 13.3. The van der Waals surface area contributed by atoms with Gasteiger partial charge in [-0.3, -0.25) is 0 Å². The fourth-order valence-corrected chi connectivity index (χ4v) is 1.46. The summed E-state index contributed by atoms with van der Waals surface area (Å²) in [7, 11) is 0. The van der Waals surface area contributed by atoms with E-state index in [0.717, 1.165) is 23.2 Å². The Morgan fingerprint density at radius 3 is 3.00 bits per heavy atom. The number of rotatable bonds is 0. The van der Waals surface area contributed by atoms with Gasteiger partial charge in [0.25, 0.3) is 0 Å². The molecule has 1 aliphatic rings. The van der Waals surface area contributed by atoms with Crippen molar-refractivity contribution in [3.8, 4) is 0 Å². The fraction of sp³-hybridized carbons (Fsp3) is 0.333. The summed E-state index contributed by atoms with van der Waals surface area (Å²) in [5, 5.41) is 3.12. The van der Waals surface area contributed by atoms with Crippen molar-refractivity contribution in [3.05, 3.63) is 34.6 Å². The van der Waals surface area contributed by atoms with Gasteiger partial charge in [-0.15, -0.1) is 0 Å². The highest BCUT2D eigenvalue weighted by atomic mass is 19.1. The molecule has 1 nitrogen and oxygen atoms in total. The molecule has 58 valence electrons. The van der Waals surface area contributed by atoms with Crippen LogP contribution in [0.5, 0.6) is 0 Å². The summed E-state index contributed by atoms with van der Waals surface area (Å²) in [6, 6.07) is 3.83. The van der Waals surface area contributed by atoms with Gasteiger partial charge < -0.3 is 5.32 Å². The standard InChI is InChI=1S/C9H10FN/c1-6-2-3-7-4-11-5-8(7)9(6)10/h2-3,11H,4-5H2,1H3. The fourth-order valence-electron chi connectivity index (χ4n) is 1.46. The quantitative estimate of drug-likeness (QED) is 0.595. The van der Waals surface area contributed by atoms with Crippen molar-refractivity contribution >= 4 is 0 Å². The minimum absolute atomic E-state index is 0.0347. The second kappa shape index (κ2) is 2.31. The molecule has 0 saturated carbocycles. The lowest BCUT2D eigenvalue weighted by molar-refractivity contribution is 0.599. The Bertz CT molecular complexity index is 294. The molecule has 0 amide bonds. The van der Waals surface area contributed by atoms with Gasteiger partial charge in [-0.1, -0.05) is 12.1 Å². The lowest BCUT2D eigenvalue weighted by Gasteiger charge is -2.01. The summed E-state index contributed by atoms with van der Waals surface area (Å²) >= 11 is 0. The first-order valence-electron chi connectivity index (χ1n) is 3.76. The van der Waals surface area contributed by atoms with Crippen molar-refractivity contribution in [1.29, 1.82) is 0 Å². The summed E-state index contributed by atoms with van der Waals surface area (Å²) in [5.74, 6) is -0.0347. The van der Waals surface area contributed by atoms with Crippen LogP contribution in [-0.2, 0) is 13.1 Å². The third kappa shape index (κ3) is 0.942. The Morgan fingerprint density at radius 2 is 2.18 bits per heavy atom. The molecule has 1 aromatic carbocycles. The Labute approximate surface area is 65.2 Å². The predicted octanol–water partition coefficient (Wildman–Crippen LogP) is 1.74. The summed E-state index contributed by atoms with van der Waals surface area (Å²) in [5.41, 5.74) is 2.70. The van der Waals surface area contributed by atoms with Crippen LogP contribution in [-0.4, -0.2) is 0 Å². The van der Waals surface area contributed by atoms with Crippen LogP contribution in [0.4, 0.5) is 4.39 Å². The molecule has 0 radical (unpaired) electrons. The monoisotopic (exact) mass is 151 g/mol. The van der Waals surface area contributed by atoms with Gasteiger partial charge in [-0.05, 0) is 18.1 Å². The number of nitrogens with one attached hydrogen (secondary N) is 1. The first kappa shape index (κ1) is 6.80. The zero-order valence-corrected chi connectivity index (χ0v) is 6.45. The van der Waals surface area contributed by atoms with E-state index in [1.54, 1.807) is 6.92 Å². The van der Waals surface area contributed by atoms with Crippen LogP contribution in [0.25, 0.3) is 0 Å². The van der Waals surface area contributed by atoms with E-state index in [4.69, 9.17) is 0 Å². The van der Waals surface area contributed by atoms with Crippen LogP contribution in [0.15, 0.2) is 12.1 Å². The van der Waals surface area contributed by atoms with Crippen LogP contribution in [0, 0.1) is 12.7 Å². The average Bonchev–Trinajstić information content (AvgIpc) is 2.45. The van der Waals surface area contributed by atoms with Crippen molar-refractivity contribution in [3.63, 3.8) is 0 Å². The first-order valence-corrected chi connectivity index (χ1v) is 3.76. The summed E-state index contributed by atoms with van der Waals surface area (Å²) < 4.78 is 13.3. The number of hydrogen-bond acceptors (Lipinski definition) is 1. The van der Waals surface area contributed by atoms with Crippen LogP contribution in [0.2, 0.25) is 0 Å². The highest BCUT2D eigenvalue weighted by molar-refractivity contribution is 5.35. The van der Waals surface area contributed by atoms with E-state index in [-0.39, 0.29) is 5.82 Å². The number of hydrogen-bond donors (Lipinski definition) is 1. The normalized spacial score (nSPS) is 15.1. The smallest absolute Gasteiger partial charge is 0.130 e. The molecule has 0 saturated heterocycles. The Kier molecular flexibility index (Phi) is 1.43. The molecule has 0 unspecified atom stereocenters. The average molecular weight is 151 g/mol.